The Morgan fingerprint density at radius 3 is 2.76 bits per heavy atom. The van der Waals surface area contributed by atoms with Crippen molar-refractivity contribution in [2.24, 2.45) is 0 Å². The average molecular weight is 512 g/mol. The average Bonchev–Trinajstić information content (AvgIpc) is 3.57. The molecule has 0 bridgehead atoms. The molecule has 0 saturated heterocycles. The van der Waals surface area contributed by atoms with E-state index in [2.05, 4.69) is 88.8 Å². The first-order valence-electron chi connectivity index (χ1n) is 12.7. The van der Waals surface area contributed by atoms with Gasteiger partial charge in [0, 0.05) is 46.3 Å². The Balaban J connectivity index is 1.35. The first-order valence-corrected chi connectivity index (χ1v) is 13.5. The van der Waals surface area contributed by atoms with Crippen molar-refractivity contribution < 1.29 is 0 Å². The van der Waals surface area contributed by atoms with E-state index in [1.165, 1.54) is 20.9 Å². The Labute approximate surface area is 222 Å². The van der Waals surface area contributed by atoms with E-state index in [4.69, 9.17) is 4.98 Å². The van der Waals surface area contributed by atoms with Crippen molar-refractivity contribution in [3.05, 3.63) is 89.1 Å². The SMILES string of the molecule is Cc1nc(NC(C)c2ccc(-c3ccccc3CN(C)C)s2)c2cc(CCCn3cccn3)ncc2n1. The summed E-state index contributed by atoms with van der Waals surface area (Å²) in [5, 5.41) is 8.96. The number of anilines is 1. The van der Waals surface area contributed by atoms with Crippen molar-refractivity contribution in [1.29, 1.82) is 0 Å². The molecule has 0 amide bonds. The second-order valence-corrected chi connectivity index (χ2v) is 10.8. The Bertz CT molecular complexity index is 1470. The Morgan fingerprint density at radius 2 is 1.95 bits per heavy atom. The van der Waals surface area contributed by atoms with Gasteiger partial charge in [-0.15, -0.1) is 11.3 Å². The van der Waals surface area contributed by atoms with Gasteiger partial charge in [0.15, 0.2) is 0 Å². The van der Waals surface area contributed by atoms with Gasteiger partial charge < -0.3 is 10.2 Å². The summed E-state index contributed by atoms with van der Waals surface area (Å²) >= 11 is 1.83. The molecule has 0 fully saturated rings. The molecular weight excluding hydrogens is 478 g/mol. The molecule has 1 unspecified atom stereocenters. The van der Waals surface area contributed by atoms with Crippen molar-refractivity contribution in [2.45, 2.75) is 45.8 Å². The topological polar surface area (TPSA) is 71.8 Å². The maximum absolute atomic E-state index is 4.78. The van der Waals surface area contributed by atoms with Crippen LogP contribution in [0.4, 0.5) is 5.82 Å². The number of nitrogens with zero attached hydrogens (tertiary/aromatic N) is 6. The normalized spacial score (nSPS) is 12.4. The number of fused-ring (bicyclic) bond motifs is 1. The molecule has 4 heterocycles. The predicted octanol–water partition coefficient (Wildman–Crippen LogP) is 6.13. The number of hydrogen-bond donors (Lipinski definition) is 1. The minimum Gasteiger partial charge on any atom is -0.362 e. The standard InChI is InChI=1S/C29H33N7S/c1-20(27-12-13-28(37-27)24-11-6-5-9-22(24)19-35(3)4)32-29-25-17-23(10-7-15-36-16-8-14-31-36)30-18-26(25)33-21(2)34-29/h5-6,8-9,11-14,16-18,20H,7,10,15,19H2,1-4H3,(H,32,33,34). The fraction of sp³-hybridized carbons (Fsp3) is 0.310. The molecule has 1 N–H and O–H groups in total. The zero-order valence-electron chi connectivity index (χ0n) is 21.8. The highest BCUT2D eigenvalue weighted by Gasteiger charge is 2.15. The van der Waals surface area contributed by atoms with E-state index in [1.807, 2.05) is 47.6 Å². The summed E-state index contributed by atoms with van der Waals surface area (Å²) in [6, 6.07) is 17.3. The summed E-state index contributed by atoms with van der Waals surface area (Å²) in [5.74, 6) is 1.59. The van der Waals surface area contributed by atoms with Crippen LogP contribution in [0.25, 0.3) is 21.3 Å². The van der Waals surface area contributed by atoms with Crippen molar-refractivity contribution in [3.63, 3.8) is 0 Å². The lowest BCUT2D eigenvalue weighted by atomic mass is 10.1. The van der Waals surface area contributed by atoms with Gasteiger partial charge in [-0.3, -0.25) is 9.67 Å². The van der Waals surface area contributed by atoms with Gasteiger partial charge in [-0.25, -0.2) is 9.97 Å². The van der Waals surface area contributed by atoms with E-state index in [0.717, 1.165) is 54.2 Å². The third kappa shape index (κ3) is 6.03. The Morgan fingerprint density at radius 1 is 1.08 bits per heavy atom. The van der Waals surface area contributed by atoms with Crippen LogP contribution in [-0.2, 0) is 19.5 Å². The lowest BCUT2D eigenvalue weighted by Gasteiger charge is -2.16. The van der Waals surface area contributed by atoms with Gasteiger partial charge in [-0.1, -0.05) is 24.3 Å². The van der Waals surface area contributed by atoms with Crippen molar-refractivity contribution >= 4 is 28.1 Å². The van der Waals surface area contributed by atoms with Crippen LogP contribution < -0.4 is 5.32 Å². The van der Waals surface area contributed by atoms with Crippen LogP contribution in [0.2, 0.25) is 0 Å². The maximum Gasteiger partial charge on any atom is 0.138 e. The molecule has 7 nitrogen and oxygen atoms in total. The largest absolute Gasteiger partial charge is 0.362 e. The molecule has 0 saturated carbocycles. The number of aryl methyl sites for hydroxylation is 3. The van der Waals surface area contributed by atoms with Crippen LogP contribution in [0.15, 0.2) is 67.1 Å². The fourth-order valence-electron chi connectivity index (χ4n) is 4.54. The molecule has 0 aliphatic heterocycles. The van der Waals surface area contributed by atoms with Crippen LogP contribution >= 0.6 is 11.3 Å². The quantitative estimate of drug-likeness (QED) is 0.243. The minimum atomic E-state index is 0.105. The molecule has 5 aromatic rings. The van der Waals surface area contributed by atoms with Crippen LogP contribution in [0.1, 0.15) is 41.3 Å². The van der Waals surface area contributed by atoms with Crippen LogP contribution in [0.5, 0.6) is 0 Å². The second kappa shape index (κ2) is 11.2. The lowest BCUT2D eigenvalue weighted by molar-refractivity contribution is 0.403. The highest BCUT2D eigenvalue weighted by Crippen LogP contribution is 2.35. The summed E-state index contributed by atoms with van der Waals surface area (Å²) in [6.45, 7) is 5.91. The molecule has 0 aliphatic carbocycles. The van der Waals surface area contributed by atoms with Crippen molar-refractivity contribution in [2.75, 3.05) is 19.4 Å². The van der Waals surface area contributed by atoms with E-state index >= 15 is 0 Å². The smallest absolute Gasteiger partial charge is 0.138 e. The van der Waals surface area contributed by atoms with Gasteiger partial charge in [-0.05, 0) is 76.2 Å². The summed E-state index contributed by atoms with van der Waals surface area (Å²) in [7, 11) is 4.22. The Hall–Kier alpha value is -3.62. The number of thiophene rings is 1. The van der Waals surface area contributed by atoms with Gasteiger partial charge in [-0.2, -0.15) is 5.10 Å². The van der Waals surface area contributed by atoms with E-state index < -0.39 is 0 Å². The molecule has 0 aliphatic rings. The van der Waals surface area contributed by atoms with Gasteiger partial charge >= 0.3 is 0 Å². The van der Waals surface area contributed by atoms with Crippen molar-refractivity contribution in [1.82, 2.24) is 29.6 Å². The van der Waals surface area contributed by atoms with Gasteiger partial charge in [0.1, 0.15) is 11.6 Å². The van der Waals surface area contributed by atoms with Crippen LogP contribution in [0.3, 0.4) is 0 Å². The van der Waals surface area contributed by atoms with E-state index in [1.54, 1.807) is 0 Å². The molecule has 8 heteroatoms. The number of nitrogens with one attached hydrogen (secondary N) is 1. The zero-order chi connectivity index (χ0) is 25.8. The van der Waals surface area contributed by atoms with Gasteiger partial charge in [0.25, 0.3) is 0 Å². The molecule has 0 radical (unpaired) electrons. The lowest BCUT2D eigenvalue weighted by Crippen LogP contribution is -2.11. The number of hydrogen-bond acceptors (Lipinski definition) is 7. The number of benzene rings is 1. The van der Waals surface area contributed by atoms with Crippen molar-refractivity contribution in [3.8, 4) is 10.4 Å². The molecule has 1 atom stereocenters. The van der Waals surface area contributed by atoms with Gasteiger partial charge in [0.2, 0.25) is 0 Å². The van der Waals surface area contributed by atoms with Crippen LogP contribution in [0, 0.1) is 6.92 Å². The van der Waals surface area contributed by atoms with E-state index in [-0.39, 0.29) is 6.04 Å². The maximum atomic E-state index is 4.78. The molecule has 0 spiro atoms. The third-order valence-corrected chi connectivity index (χ3v) is 7.61. The predicted molar refractivity (Wildman–Crippen MR) is 152 cm³/mol. The Kier molecular flexibility index (Phi) is 7.58. The first-order chi connectivity index (χ1) is 18.0. The minimum absolute atomic E-state index is 0.105. The number of pyridine rings is 1. The van der Waals surface area contributed by atoms with Crippen LogP contribution in [-0.4, -0.2) is 43.7 Å². The molecule has 5 rings (SSSR count). The highest BCUT2D eigenvalue weighted by molar-refractivity contribution is 7.15. The summed E-state index contributed by atoms with van der Waals surface area (Å²) in [6.07, 6.45) is 7.52. The summed E-state index contributed by atoms with van der Waals surface area (Å²) in [5.41, 5.74) is 4.54. The fourth-order valence-corrected chi connectivity index (χ4v) is 5.61. The summed E-state index contributed by atoms with van der Waals surface area (Å²) in [4.78, 5) is 18.8. The molecule has 4 aromatic heterocycles. The monoisotopic (exact) mass is 511 g/mol. The zero-order valence-corrected chi connectivity index (χ0v) is 22.7. The highest BCUT2D eigenvalue weighted by atomic mass is 32.1. The number of rotatable bonds is 10. The van der Waals surface area contributed by atoms with Gasteiger partial charge in [0.05, 0.1) is 17.8 Å². The molecule has 37 heavy (non-hydrogen) atoms. The third-order valence-electron chi connectivity index (χ3n) is 6.31. The van der Waals surface area contributed by atoms with E-state index in [0.29, 0.717) is 0 Å². The first kappa shape index (κ1) is 25.0. The second-order valence-electron chi connectivity index (χ2n) is 9.65. The molecular formula is C29H33N7S. The molecule has 190 valence electrons. The molecule has 1 aromatic carbocycles. The van der Waals surface area contributed by atoms with E-state index in [9.17, 15) is 0 Å². The number of aromatic nitrogens is 5. The summed E-state index contributed by atoms with van der Waals surface area (Å²) < 4.78 is 1.95.